The molecule has 0 aromatic carbocycles. The summed E-state index contributed by atoms with van der Waals surface area (Å²) in [5, 5.41) is 13.1. The summed E-state index contributed by atoms with van der Waals surface area (Å²) in [5.74, 6) is 0.528. The third-order valence-corrected chi connectivity index (χ3v) is 6.20. The van der Waals surface area contributed by atoms with E-state index in [1.807, 2.05) is 55.1 Å². The highest BCUT2D eigenvalue weighted by Crippen LogP contribution is 2.34. The van der Waals surface area contributed by atoms with Crippen LogP contribution in [0.4, 0.5) is 5.69 Å². The Balaban J connectivity index is 1.38. The van der Waals surface area contributed by atoms with E-state index in [-0.39, 0.29) is 0 Å². The lowest BCUT2D eigenvalue weighted by Gasteiger charge is -2.12. The van der Waals surface area contributed by atoms with Crippen LogP contribution in [0.1, 0.15) is 20.3 Å². The molecular weight excluding hydrogens is 460 g/mol. The van der Waals surface area contributed by atoms with Crippen LogP contribution in [-0.2, 0) is 0 Å². The molecule has 8 nitrogen and oxygen atoms in total. The van der Waals surface area contributed by atoms with Gasteiger partial charge in [-0.15, -0.1) is 0 Å². The van der Waals surface area contributed by atoms with Crippen LogP contribution >= 0.6 is 0 Å². The van der Waals surface area contributed by atoms with Gasteiger partial charge in [-0.25, -0.2) is 0 Å². The lowest BCUT2D eigenvalue weighted by atomic mass is 10.1. The van der Waals surface area contributed by atoms with Gasteiger partial charge in [0.25, 0.3) is 0 Å². The van der Waals surface area contributed by atoms with E-state index in [0.29, 0.717) is 5.92 Å². The Hall–Kier alpha value is -4.85. The Labute approximate surface area is 214 Å². The molecule has 0 atom stereocenters. The zero-order chi connectivity index (χ0) is 25.4. The second-order valence-electron chi connectivity index (χ2n) is 9.52. The highest BCUT2D eigenvalue weighted by molar-refractivity contribution is 6.00. The number of H-pyrrole nitrogens is 2. The lowest BCUT2D eigenvalue weighted by Crippen LogP contribution is -2.02. The highest BCUT2D eigenvalue weighted by Gasteiger charge is 2.15. The summed E-state index contributed by atoms with van der Waals surface area (Å²) in [4.78, 5) is 21.5. The number of hydrogen-bond donors (Lipinski definition) is 3. The molecule has 6 aromatic rings. The fourth-order valence-electron chi connectivity index (χ4n) is 4.58. The molecule has 0 saturated heterocycles. The van der Waals surface area contributed by atoms with Gasteiger partial charge < -0.3 is 10.3 Å². The number of hydrogen-bond acceptors (Lipinski definition) is 6. The fraction of sp³-hybridized carbons (Fsp3) is 0.138. The normalized spacial score (nSPS) is 11.4. The molecule has 0 spiro atoms. The average Bonchev–Trinajstić information content (AvgIpc) is 3.52. The minimum atomic E-state index is 0.528. The smallest absolute Gasteiger partial charge is 0.116 e. The maximum absolute atomic E-state index is 4.66. The van der Waals surface area contributed by atoms with Crippen LogP contribution < -0.4 is 5.32 Å². The Morgan fingerprint density at radius 3 is 2.65 bits per heavy atom. The summed E-state index contributed by atoms with van der Waals surface area (Å²) < 4.78 is 0. The SMILES string of the molecule is C=C(CC(C)C)Nc1cncc(-c2cc3c(-c4cc5c(-c6ccccn6)cncc5[nH]4)n[nH]c3cn2)c1. The number of pyridine rings is 4. The Bertz CT molecular complexity index is 1730. The molecule has 8 heteroatoms. The summed E-state index contributed by atoms with van der Waals surface area (Å²) in [7, 11) is 0. The van der Waals surface area contributed by atoms with Crippen LogP contribution in [0.3, 0.4) is 0 Å². The number of anilines is 1. The summed E-state index contributed by atoms with van der Waals surface area (Å²) in [6.45, 7) is 8.48. The van der Waals surface area contributed by atoms with Crippen molar-refractivity contribution in [2.24, 2.45) is 5.92 Å². The van der Waals surface area contributed by atoms with Crippen LogP contribution in [0.2, 0.25) is 0 Å². The number of nitrogens with zero attached hydrogens (tertiary/aromatic N) is 5. The van der Waals surface area contributed by atoms with Gasteiger partial charge in [0.1, 0.15) is 5.69 Å². The first-order valence-electron chi connectivity index (χ1n) is 12.2. The number of nitrogens with one attached hydrogen (secondary N) is 3. The van der Waals surface area contributed by atoms with Crippen LogP contribution in [0, 0.1) is 5.92 Å². The van der Waals surface area contributed by atoms with Gasteiger partial charge in [-0.3, -0.25) is 25.0 Å². The van der Waals surface area contributed by atoms with E-state index >= 15 is 0 Å². The molecule has 6 aromatic heterocycles. The largest absolute Gasteiger partial charge is 0.358 e. The molecule has 0 radical (unpaired) electrons. The summed E-state index contributed by atoms with van der Waals surface area (Å²) in [5.41, 5.74) is 8.91. The fourth-order valence-corrected chi connectivity index (χ4v) is 4.58. The van der Waals surface area contributed by atoms with Crippen molar-refractivity contribution in [2.75, 3.05) is 5.32 Å². The highest BCUT2D eigenvalue weighted by atomic mass is 15.1. The first kappa shape index (κ1) is 22.6. The number of aromatic nitrogens is 7. The molecule has 0 aliphatic heterocycles. The second kappa shape index (κ2) is 9.31. The standard InChI is InChI=1S/C29H26N8/c1-17(2)8-18(3)34-20-9-19(12-30-13-20)25-11-22-28(16-33-25)36-37-29(22)26-10-21-23(14-31-15-27(21)35-26)24-6-4-5-7-32-24/h4-7,9-17,34-35H,3,8H2,1-2H3,(H,36,37). The van der Waals surface area contributed by atoms with Gasteiger partial charge in [0, 0.05) is 46.2 Å². The molecule has 0 saturated carbocycles. The third-order valence-electron chi connectivity index (χ3n) is 6.20. The maximum Gasteiger partial charge on any atom is 0.116 e. The zero-order valence-electron chi connectivity index (χ0n) is 20.7. The van der Waals surface area contributed by atoms with Gasteiger partial charge in [-0.05, 0) is 42.7 Å². The Kier molecular flexibility index (Phi) is 5.69. The molecule has 37 heavy (non-hydrogen) atoms. The summed E-state index contributed by atoms with van der Waals surface area (Å²) in [6, 6.07) is 12.1. The molecule has 6 rings (SSSR count). The van der Waals surface area contributed by atoms with Crippen molar-refractivity contribution >= 4 is 27.5 Å². The molecule has 0 aliphatic rings. The molecule has 3 N–H and O–H groups in total. The zero-order valence-corrected chi connectivity index (χ0v) is 20.7. The van der Waals surface area contributed by atoms with Crippen LogP contribution in [0.25, 0.3) is 55.7 Å². The molecule has 0 amide bonds. The molecule has 0 bridgehead atoms. The first-order valence-corrected chi connectivity index (χ1v) is 12.2. The first-order chi connectivity index (χ1) is 18.0. The number of fused-ring (bicyclic) bond motifs is 2. The predicted molar refractivity (Wildman–Crippen MR) is 148 cm³/mol. The Morgan fingerprint density at radius 2 is 1.81 bits per heavy atom. The number of aromatic amines is 2. The molecule has 0 aliphatic carbocycles. The summed E-state index contributed by atoms with van der Waals surface area (Å²) >= 11 is 0. The average molecular weight is 487 g/mol. The van der Waals surface area contributed by atoms with Crippen molar-refractivity contribution in [3.63, 3.8) is 0 Å². The van der Waals surface area contributed by atoms with Gasteiger partial charge >= 0.3 is 0 Å². The van der Waals surface area contributed by atoms with Crippen LogP contribution in [0.5, 0.6) is 0 Å². The van der Waals surface area contributed by atoms with Gasteiger partial charge in [0.15, 0.2) is 0 Å². The van der Waals surface area contributed by atoms with Gasteiger partial charge in [0.05, 0.1) is 52.4 Å². The van der Waals surface area contributed by atoms with Gasteiger partial charge in [-0.2, -0.15) is 5.10 Å². The molecule has 6 heterocycles. The Morgan fingerprint density at radius 1 is 0.919 bits per heavy atom. The summed E-state index contributed by atoms with van der Waals surface area (Å²) in [6.07, 6.45) is 11.8. The van der Waals surface area contributed by atoms with Crippen molar-refractivity contribution in [3.05, 3.63) is 85.9 Å². The second-order valence-corrected chi connectivity index (χ2v) is 9.52. The number of allylic oxidation sites excluding steroid dienone is 1. The van der Waals surface area contributed by atoms with Gasteiger partial charge in [0.2, 0.25) is 0 Å². The van der Waals surface area contributed by atoms with E-state index in [1.54, 1.807) is 12.4 Å². The van der Waals surface area contributed by atoms with Crippen LogP contribution in [0.15, 0.2) is 85.9 Å². The van der Waals surface area contributed by atoms with Crippen molar-refractivity contribution in [3.8, 4) is 33.9 Å². The lowest BCUT2D eigenvalue weighted by molar-refractivity contribution is 0.645. The molecule has 0 fully saturated rings. The quantitative estimate of drug-likeness (QED) is 0.235. The van der Waals surface area contributed by atoms with Crippen molar-refractivity contribution < 1.29 is 0 Å². The molecular formula is C29H26N8. The minimum Gasteiger partial charge on any atom is -0.358 e. The van der Waals surface area contributed by atoms with Crippen molar-refractivity contribution in [1.29, 1.82) is 0 Å². The minimum absolute atomic E-state index is 0.528. The van der Waals surface area contributed by atoms with E-state index in [0.717, 1.165) is 73.5 Å². The monoisotopic (exact) mass is 486 g/mol. The van der Waals surface area contributed by atoms with E-state index in [9.17, 15) is 0 Å². The molecule has 182 valence electrons. The van der Waals surface area contributed by atoms with E-state index < -0.39 is 0 Å². The van der Waals surface area contributed by atoms with Crippen molar-refractivity contribution in [2.45, 2.75) is 20.3 Å². The van der Waals surface area contributed by atoms with Crippen LogP contribution in [-0.4, -0.2) is 35.1 Å². The van der Waals surface area contributed by atoms with E-state index in [4.69, 9.17) is 0 Å². The third kappa shape index (κ3) is 4.45. The predicted octanol–water partition coefficient (Wildman–Crippen LogP) is 6.60. The van der Waals surface area contributed by atoms with E-state index in [2.05, 4.69) is 66.9 Å². The van der Waals surface area contributed by atoms with Crippen molar-refractivity contribution in [1.82, 2.24) is 35.1 Å². The maximum atomic E-state index is 4.66. The van der Waals surface area contributed by atoms with E-state index in [1.165, 1.54) is 0 Å². The number of rotatable bonds is 7. The van der Waals surface area contributed by atoms with Gasteiger partial charge in [-0.1, -0.05) is 26.5 Å². The molecule has 0 unspecified atom stereocenters. The topological polar surface area (TPSA) is 108 Å².